The molecule has 0 aliphatic heterocycles. The second-order valence-electron chi connectivity index (χ2n) is 5.46. The Morgan fingerprint density at radius 3 is 2.54 bits per heavy atom. The molecule has 8 heteroatoms. The summed E-state index contributed by atoms with van der Waals surface area (Å²) in [5, 5.41) is 15.9. The van der Waals surface area contributed by atoms with Crippen LogP contribution in [0, 0.1) is 5.92 Å². The lowest BCUT2D eigenvalue weighted by Crippen LogP contribution is -2.49. The van der Waals surface area contributed by atoms with Crippen molar-refractivity contribution in [2.24, 2.45) is 5.92 Å². The maximum atomic E-state index is 12.3. The highest BCUT2D eigenvalue weighted by Crippen LogP contribution is 2.11. The highest BCUT2D eigenvalue weighted by molar-refractivity contribution is 7.12. The van der Waals surface area contributed by atoms with Crippen LogP contribution in [0.2, 0.25) is 0 Å². The van der Waals surface area contributed by atoms with Crippen LogP contribution in [0.25, 0.3) is 0 Å². The predicted molar refractivity (Wildman–Crippen MR) is 87.9 cm³/mol. The number of carboxylic acid groups (broad SMARTS) is 1. The first-order chi connectivity index (χ1) is 11.4. The fourth-order valence-electron chi connectivity index (χ4n) is 2.03. The maximum Gasteiger partial charge on any atom is 0.371 e. The standard InChI is InChI=1S/C16H18N2O5S/c1-9(2)13(18-14(19)12-4-3-7-24-12)15(20)17-8-10-5-6-11(23-10)16(21)22/h3-7,9,13H,8H2,1-2H3,(H,17,20)(H,18,19)(H,21,22). The Morgan fingerprint density at radius 2 is 2.00 bits per heavy atom. The number of carboxylic acids is 1. The van der Waals surface area contributed by atoms with E-state index in [-0.39, 0.29) is 30.0 Å². The smallest absolute Gasteiger partial charge is 0.371 e. The third-order valence-electron chi connectivity index (χ3n) is 3.29. The van der Waals surface area contributed by atoms with Crippen LogP contribution in [0.5, 0.6) is 0 Å². The number of amides is 2. The second kappa shape index (κ2) is 7.78. The monoisotopic (exact) mass is 350 g/mol. The first-order valence-corrected chi connectivity index (χ1v) is 8.20. The van der Waals surface area contributed by atoms with Crippen LogP contribution in [-0.4, -0.2) is 28.9 Å². The Hall–Kier alpha value is -2.61. The van der Waals surface area contributed by atoms with Crippen LogP contribution in [0.3, 0.4) is 0 Å². The number of aromatic carboxylic acids is 1. The van der Waals surface area contributed by atoms with Crippen LogP contribution >= 0.6 is 11.3 Å². The number of carbonyl (C=O) groups is 3. The number of nitrogens with one attached hydrogen (secondary N) is 2. The van der Waals surface area contributed by atoms with Crippen molar-refractivity contribution in [3.8, 4) is 0 Å². The van der Waals surface area contributed by atoms with Gasteiger partial charge in [-0.25, -0.2) is 4.79 Å². The molecular weight excluding hydrogens is 332 g/mol. The van der Waals surface area contributed by atoms with Gasteiger partial charge in [-0.2, -0.15) is 0 Å². The van der Waals surface area contributed by atoms with Crippen LogP contribution in [0.15, 0.2) is 34.1 Å². The molecule has 0 aliphatic rings. The Balaban J connectivity index is 1.95. The molecule has 1 unspecified atom stereocenters. The summed E-state index contributed by atoms with van der Waals surface area (Å²) in [6.07, 6.45) is 0. The normalized spacial score (nSPS) is 12.0. The third kappa shape index (κ3) is 4.45. The summed E-state index contributed by atoms with van der Waals surface area (Å²) in [6.45, 7) is 3.70. The van der Waals surface area contributed by atoms with Gasteiger partial charge in [0, 0.05) is 0 Å². The number of furan rings is 1. The quantitative estimate of drug-likeness (QED) is 0.709. The topological polar surface area (TPSA) is 109 Å². The van der Waals surface area contributed by atoms with Gasteiger partial charge in [-0.1, -0.05) is 19.9 Å². The van der Waals surface area contributed by atoms with Crippen LogP contribution in [0.1, 0.15) is 39.8 Å². The van der Waals surface area contributed by atoms with Gasteiger partial charge in [0.2, 0.25) is 11.7 Å². The molecule has 0 saturated heterocycles. The molecule has 0 aromatic carbocycles. The van der Waals surface area contributed by atoms with Gasteiger partial charge in [0.25, 0.3) is 5.91 Å². The van der Waals surface area contributed by atoms with E-state index in [0.717, 1.165) is 0 Å². The molecule has 0 bridgehead atoms. The molecule has 2 heterocycles. The molecule has 2 aromatic rings. The Morgan fingerprint density at radius 1 is 1.25 bits per heavy atom. The van der Waals surface area contributed by atoms with Gasteiger partial charge >= 0.3 is 5.97 Å². The van der Waals surface area contributed by atoms with E-state index in [1.165, 1.54) is 23.5 Å². The minimum Gasteiger partial charge on any atom is -0.475 e. The lowest BCUT2D eigenvalue weighted by Gasteiger charge is -2.21. The van der Waals surface area contributed by atoms with Gasteiger partial charge < -0.3 is 20.2 Å². The van der Waals surface area contributed by atoms with Crippen molar-refractivity contribution >= 4 is 29.1 Å². The highest BCUT2D eigenvalue weighted by atomic mass is 32.1. The average molecular weight is 350 g/mol. The molecule has 24 heavy (non-hydrogen) atoms. The lowest BCUT2D eigenvalue weighted by molar-refractivity contribution is -0.124. The van der Waals surface area contributed by atoms with E-state index < -0.39 is 12.0 Å². The zero-order valence-corrected chi connectivity index (χ0v) is 14.1. The lowest BCUT2D eigenvalue weighted by atomic mass is 10.0. The summed E-state index contributed by atoms with van der Waals surface area (Å²) < 4.78 is 5.08. The summed E-state index contributed by atoms with van der Waals surface area (Å²) in [4.78, 5) is 35.7. The molecule has 128 valence electrons. The Bertz CT molecular complexity index is 721. The number of rotatable bonds is 7. The summed E-state index contributed by atoms with van der Waals surface area (Å²) in [5.41, 5.74) is 0. The molecule has 2 amide bonds. The van der Waals surface area contributed by atoms with Gasteiger partial charge in [-0.05, 0) is 29.5 Å². The number of carbonyl (C=O) groups excluding carboxylic acids is 2. The minimum absolute atomic E-state index is 0.0458. The predicted octanol–water partition coefficient (Wildman–Crippen LogP) is 2.11. The zero-order valence-electron chi connectivity index (χ0n) is 13.2. The van der Waals surface area contributed by atoms with Crippen molar-refractivity contribution < 1.29 is 23.9 Å². The largest absolute Gasteiger partial charge is 0.475 e. The van der Waals surface area contributed by atoms with E-state index >= 15 is 0 Å². The molecule has 2 rings (SSSR count). The van der Waals surface area contributed by atoms with Gasteiger partial charge in [-0.15, -0.1) is 11.3 Å². The minimum atomic E-state index is -1.17. The molecule has 3 N–H and O–H groups in total. The van der Waals surface area contributed by atoms with Gasteiger partial charge in [0.05, 0.1) is 11.4 Å². The molecule has 7 nitrogen and oxygen atoms in total. The summed E-state index contributed by atoms with van der Waals surface area (Å²) >= 11 is 1.30. The van der Waals surface area contributed by atoms with E-state index in [9.17, 15) is 14.4 Å². The van der Waals surface area contributed by atoms with E-state index in [2.05, 4.69) is 10.6 Å². The van der Waals surface area contributed by atoms with Crippen LogP contribution in [-0.2, 0) is 11.3 Å². The summed E-state index contributed by atoms with van der Waals surface area (Å²) in [7, 11) is 0. The molecule has 2 aromatic heterocycles. The third-order valence-corrected chi connectivity index (χ3v) is 4.16. The van der Waals surface area contributed by atoms with Crippen molar-refractivity contribution in [3.05, 3.63) is 46.0 Å². The highest BCUT2D eigenvalue weighted by Gasteiger charge is 2.25. The van der Waals surface area contributed by atoms with E-state index in [4.69, 9.17) is 9.52 Å². The maximum absolute atomic E-state index is 12.3. The number of hydrogen-bond acceptors (Lipinski definition) is 5. The fourth-order valence-corrected chi connectivity index (χ4v) is 2.65. The number of thiophene rings is 1. The molecule has 1 atom stereocenters. The number of hydrogen-bond donors (Lipinski definition) is 3. The van der Waals surface area contributed by atoms with Crippen molar-refractivity contribution in [1.82, 2.24) is 10.6 Å². The second-order valence-corrected chi connectivity index (χ2v) is 6.41. The van der Waals surface area contributed by atoms with Crippen LogP contribution < -0.4 is 10.6 Å². The molecule has 0 aliphatic carbocycles. The molecule has 0 fully saturated rings. The summed E-state index contributed by atoms with van der Waals surface area (Å²) in [6, 6.07) is 5.56. The van der Waals surface area contributed by atoms with E-state index in [0.29, 0.717) is 10.6 Å². The van der Waals surface area contributed by atoms with E-state index in [1.807, 2.05) is 13.8 Å². The van der Waals surface area contributed by atoms with E-state index in [1.54, 1.807) is 17.5 Å². The molecule has 0 spiro atoms. The first-order valence-electron chi connectivity index (χ1n) is 7.32. The fraction of sp³-hybridized carbons (Fsp3) is 0.312. The Labute approximate surface area is 142 Å². The van der Waals surface area contributed by atoms with Gasteiger partial charge in [0.1, 0.15) is 11.8 Å². The zero-order chi connectivity index (χ0) is 17.7. The van der Waals surface area contributed by atoms with Crippen molar-refractivity contribution in [2.75, 3.05) is 0 Å². The average Bonchev–Trinajstić information content (AvgIpc) is 3.20. The van der Waals surface area contributed by atoms with Crippen molar-refractivity contribution in [3.63, 3.8) is 0 Å². The molecule has 0 radical (unpaired) electrons. The molecule has 0 saturated carbocycles. The van der Waals surface area contributed by atoms with Gasteiger partial charge in [0.15, 0.2) is 0 Å². The first kappa shape index (κ1) is 17.7. The van der Waals surface area contributed by atoms with Gasteiger partial charge in [-0.3, -0.25) is 9.59 Å². The van der Waals surface area contributed by atoms with Crippen LogP contribution in [0.4, 0.5) is 0 Å². The van der Waals surface area contributed by atoms with Crippen molar-refractivity contribution in [1.29, 1.82) is 0 Å². The SMILES string of the molecule is CC(C)C(NC(=O)c1cccs1)C(=O)NCc1ccc(C(=O)O)o1. The summed E-state index contributed by atoms with van der Waals surface area (Å²) in [5.74, 6) is -1.80. The Kier molecular flexibility index (Phi) is 5.75. The molecular formula is C16H18N2O5S. The van der Waals surface area contributed by atoms with Crippen molar-refractivity contribution in [2.45, 2.75) is 26.4 Å².